The standard InChI is InChI=1S/C21H25F2N3O4S/c1-4-19(21(28)24-2)25(13-15-8-10-16(22)11-9-15)20(27)14-26(31(3,29)30)18-7-5-6-17(23)12-18/h5-12,19H,4,13-14H2,1-3H3,(H,24,28). The molecule has 168 valence electrons. The van der Waals surface area contributed by atoms with Gasteiger partial charge in [-0.25, -0.2) is 17.2 Å². The van der Waals surface area contributed by atoms with Gasteiger partial charge in [-0.05, 0) is 42.3 Å². The summed E-state index contributed by atoms with van der Waals surface area (Å²) in [5.41, 5.74) is 0.555. The van der Waals surface area contributed by atoms with Crippen molar-refractivity contribution in [3.63, 3.8) is 0 Å². The third-order valence-corrected chi connectivity index (χ3v) is 5.81. The molecule has 0 spiro atoms. The van der Waals surface area contributed by atoms with Gasteiger partial charge < -0.3 is 10.2 Å². The fourth-order valence-electron chi connectivity index (χ4n) is 3.12. The van der Waals surface area contributed by atoms with E-state index in [1.54, 1.807) is 6.92 Å². The van der Waals surface area contributed by atoms with Crippen molar-refractivity contribution in [3.8, 4) is 0 Å². The van der Waals surface area contributed by atoms with E-state index in [0.717, 1.165) is 22.7 Å². The first-order valence-corrected chi connectivity index (χ1v) is 11.4. The van der Waals surface area contributed by atoms with Crippen LogP contribution in [-0.4, -0.2) is 51.0 Å². The molecule has 0 fully saturated rings. The molecule has 31 heavy (non-hydrogen) atoms. The predicted octanol–water partition coefficient (Wildman–Crippen LogP) is 2.28. The Hall–Kier alpha value is -3.01. The van der Waals surface area contributed by atoms with E-state index in [1.165, 1.54) is 48.3 Å². The second kappa shape index (κ2) is 10.3. The molecule has 1 unspecified atom stereocenters. The molecule has 0 aliphatic rings. The van der Waals surface area contributed by atoms with Gasteiger partial charge in [0.1, 0.15) is 24.2 Å². The zero-order valence-electron chi connectivity index (χ0n) is 17.5. The number of carbonyl (C=O) groups excluding carboxylic acids is 2. The maximum atomic E-state index is 13.7. The van der Waals surface area contributed by atoms with Crippen molar-refractivity contribution < 1.29 is 26.8 Å². The number of hydrogen-bond donors (Lipinski definition) is 1. The van der Waals surface area contributed by atoms with Gasteiger partial charge in [0.2, 0.25) is 21.8 Å². The highest BCUT2D eigenvalue weighted by molar-refractivity contribution is 7.92. The molecule has 2 aromatic carbocycles. The summed E-state index contributed by atoms with van der Waals surface area (Å²) in [4.78, 5) is 26.8. The van der Waals surface area contributed by atoms with Crippen molar-refractivity contribution >= 4 is 27.5 Å². The Morgan fingerprint density at radius 2 is 1.71 bits per heavy atom. The molecule has 0 saturated heterocycles. The van der Waals surface area contributed by atoms with Crippen LogP contribution in [0, 0.1) is 11.6 Å². The third kappa shape index (κ3) is 6.48. The lowest BCUT2D eigenvalue weighted by Crippen LogP contribution is -2.51. The molecular weight excluding hydrogens is 428 g/mol. The summed E-state index contributed by atoms with van der Waals surface area (Å²) in [5, 5.41) is 2.49. The molecule has 2 aromatic rings. The normalized spacial score (nSPS) is 12.2. The van der Waals surface area contributed by atoms with E-state index in [-0.39, 0.29) is 18.7 Å². The molecule has 0 saturated carbocycles. The number of likely N-dealkylation sites (N-methyl/N-ethyl adjacent to an activating group) is 1. The van der Waals surface area contributed by atoms with E-state index < -0.39 is 46.1 Å². The Kier molecular flexibility index (Phi) is 8.09. The number of sulfonamides is 1. The van der Waals surface area contributed by atoms with Gasteiger partial charge in [0.05, 0.1) is 11.9 Å². The van der Waals surface area contributed by atoms with Crippen molar-refractivity contribution in [1.29, 1.82) is 0 Å². The summed E-state index contributed by atoms with van der Waals surface area (Å²) in [7, 11) is -2.50. The van der Waals surface area contributed by atoms with Crippen molar-refractivity contribution in [2.45, 2.75) is 25.9 Å². The highest BCUT2D eigenvalue weighted by Gasteiger charge is 2.31. The fraction of sp³-hybridized carbons (Fsp3) is 0.333. The molecular formula is C21H25F2N3O4S. The molecule has 2 rings (SSSR count). The van der Waals surface area contributed by atoms with Crippen molar-refractivity contribution in [3.05, 3.63) is 65.7 Å². The van der Waals surface area contributed by atoms with Gasteiger partial charge in [-0.1, -0.05) is 25.1 Å². The van der Waals surface area contributed by atoms with Crippen molar-refractivity contribution in [1.82, 2.24) is 10.2 Å². The Balaban J connectivity index is 2.41. The number of nitrogens with one attached hydrogen (secondary N) is 1. The maximum absolute atomic E-state index is 13.7. The SMILES string of the molecule is CCC(C(=O)NC)N(Cc1ccc(F)cc1)C(=O)CN(c1cccc(F)c1)S(C)(=O)=O. The van der Waals surface area contributed by atoms with Gasteiger partial charge in [-0.2, -0.15) is 0 Å². The smallest absolute Gasteiger partial charge is 0.244 e. The van der Waals surface area contributed by atoms with E-state index in [2.05, 4.69) is 5.32 Å². The van der Waals surface area contributed by atoms with Crippen LogP contribution in [0.15, 0.2) is 48.5 Å². The highest BCUT2D eigenvalue weighted by atomic mass is 32.2. The average molecular weight is 454 g/mol. The number of carbonyl (C=O) groups is 2. The van der Waals surface area contributed by atoms with Crippen LogP contribution in [0.25, 0.3) is 0 Å². The van der Waals surface area contributed by atoms with Gasteiger partial charge in [0.15, 0.2) is 0 Å². The summed E-state index contributed by atoms with van der Waals surface area (Å²) in [6.07, 6.45) is 1.18. The van der Waals surface area contributed by atoms with Crippen LogP contribution in [0.5, 0.6) is 0 Å². The van der Waals surface area contributed by atoms with Crippen LogP contribution in [-0.2, 0) is 26.2 Å². The summed E-state index contributed by atoms with van der Waals surface area (Å²) >= 11 is 0. The zero-order valence-corrected chi connectivity index (χ0v) is 18.3. The Morgan fingerprint density at radius 1 is 1.06 bits per heavy atom. The fourth-order valence-corrected chi connectivity index (χ4v) is 3.96. The topological polar surface area (TPSA) is 86.8 Å². The van der Waals surface area contributed by atoms with Crippen LogP contribution in [0.3, 0.4) is 0 Å². The van der Waals surface area contributed by atoms with Crippen molar-refractivity contribution in [2.24, 2.45) is 0 Å². The minimum absolute atomic E-state index is 0.00873. The minimum Gasteiger partial charge on any atom is -0.357 e. The Bertz CT molecular complexity index is 1030. The van der Waals surface area contributed by atoms with E-state index in [1.807, 2.05) is 0 Å². The quantitative estimate of drug-likeness (QED) is 0.631. The van der Waals surface area contributed by atoms with Crippen LogP contribution < -0.4 is 9.62 Å². The third-order valence-electron chi connectivity index (χ3n) is 4.67. The monoisotopic (exact) mass is 453 g/mol. The molecule has 1 atom stereocenters. The van der Waals surface area contributed by atoms with E-state index in [9.17, 15) is 26.8 Å². The molecule has 7 nitrogen and oxygen atoms in total. The largest absolute Gasteiger partial charge is 0.357 e. The van der Waals surface area contributed by atoms with Crippen LogP contribution in [0.4, 0.5) is 14.5 Å². The molecule has 10 heteroatoms. The molecule has 1 N–H and O–H groups in total. The van der Waals surface area contributed by atoms with E-state index >= 15 is 0 Å². The number of benzene rings is 2. The van der Waals surface area contributed by atoms with Crippen molar-refractivity contribution in [2.75, 3.05) is 24.2 Å². The molecule has 0 aliphatic heterocycles. The first kappa shape index (κ1) is 24.3. The second-order valence-corrected chi connectivity index (χ2v) is 8.84. The van der Waals surface area contributed by atoms with Gasteiger partial charge in [-0.15, -0.1) is 0 Å². The molecule has 0 aliphatic carbocycles. The summed E-state index contributed by atoms with van der Waals surface area (Å²) in [6.45, 7) is 1.05. The summed E-state index contributed by atoms with van der Waals surface area (Å²) in [5.74, 6) is -2.18. The predicted molar refractivity (Wildman–Crippen MR) is 114 cm³/mol. The lowest BCUT2D eigenvalue weighted by molar-refractivity contribution is -0.140. The Labute approximate surface area is 180 Å². The number of hydrogen-bond acceptors (Lipinski definition) is 4. The number of anilines is 1. The lowest BCUT2D eigenvalue weighted by Gasteiger charge is -2.32. The lowest BCUT2D eigenvalue weighted by atomic mass is 10.1. The van der Waals surface area contributed by atoms with Gasteiger partial charge >= 0.3 is 0 Å². The molecule has 0 aromatic heterocycles. The van der Waals surface area contributed by atoms with Crippen LogP contribution in [0.2, 0.25) is 0 Å². The number of halogens is 2. The second-order valence-electron chi connectivity index (χ2n) is 6.94. The molecule has 0 bridgehead atoms. The highest BCUT2D eigenvalue weighted by Crippen LogP contribution is 2.20. The van der Waals surface area contributed by atoms with Crippen LogP contribution >= 0.6 is 0 Å². The zero-order chi connectivity index (χ0) is 23.2. The number of rotatable bonds is 9. The van der Waals surface area contributed by atoms with E-state index in [0.29, 0.717) is 5.56 Å². The summed E-state index contributed by atoms with van der Waals surface area (Å²) in [6, 6.07) is 9.42. The van der Waals surface area contributed by atoms with Gasteiger partial charge in [0, 0.05) is 13.6 Å². The first-order chi connectivity index (χ1) is 14.6. The van der Waals surface area contributed by atoms with Gasteiger partial charge in [0.25, 0.3) is 0 Å². The number of nitrogens with zero attached hydrogens (tertiary/aromatic N) is 2. The average Bonchev–Trinajstić information content (AvgIpc) is 2.72. The van der Waals surface area contributed by atoms with E-state index in [4.69, 9.17) is 0 Å². The Morgan fingerprint density at radius 3 is 2.23 bits per heavy atom. The molecule has 0 radical (unpaired) electrons. The molecule has 2 amide bonds. The first-order valence-electron chi connectivity index (χ1n) is 9.55. The molecule has 0 heterocycles. The number of amides is 2. The minimum atomic E-state index is -3.93. The van der Waals surface area contributed by atoms with Gasteiger partial charge in [-0.3, -0.25) is 13.9 Å². The maximum Gasteiger partial charge on any atom is 0.244 e. The van der Waals surface area contributed by atoms with Crippen LogP contribution in [0.1, 0.15) is 18.9 Å². The summed E-state index contributed by atoms with van der Waals surface area (Å²) < 4.78 is 52.4.